The molecule has 2 aliphatic rings. The molecule has 5 rings (SSSR count). The minimum Gasteiger partial charge on any atom is -0.460 e. The first kappa shape index (κ1) is 20.3. The lowest BCUT2D eigenvalue weighted by Crippen LogP contribution is -2.35. The standard InChI is InChI=1S/C22H19ClF3N3O2/c23-17-5-3-13(22(24,25)26)9-15(17)19-6-4-14(31-19)10-29-8-7-18-16(11-29)21(30)28-20(27-18)12-1-2-12/h3-6,9,12H,1-2,7-8,10-11H2,(H,27,28,30). The number of benzene rings is 1. The van der Waals surface area contributed by atoms with Crippen LogP contribution in [0, 0.1) is 0 Å². The van der Waals surface area contributed by atoms with Crippen molar-refractivity contribution in [1.29, 1.82) is 0 Å². The molecule has 1 N–H and O–H groups in total. The van der Waals surface area contributed by atoms with E-state index in [2.05, 4.69) is 14.9 Å². The van der Waals surface area contributed by atoms with E-state index in [0.29, 0.717) is 43.3 Å². The Kier molecular flexibility index (Phi) is 4.94. The monoisotopic (exact) mass is 449 g/mol. The van der Waals surface area contributed by atoms with E-state index in [1.807, 2.05) is 0 Å². The predicted octanol–water partition coefficient (Wildman–Crippen LogP) is 5.14. The summed E-state index contributed by atoms with van der Waals surface area (Å²) in [5, 5.41) is 0.185. The molecule has 3 aromatic rings. The van der Waals surface area contributed by atoms with Crippen LogP contribution in [-0.2, 0) is 25.7 Å². The first-order valence-corrected chi connectivity index (χ1v) is 10.5. The average Bonchev–Trinajstić information content (AvgIpc) is 3.47. The van der Waals surface area contributed by atoms with E-state index in [-0.39, 0.29) is 21.9 Å². The first-order chi connectivity index (χ1) is 14.8. The number of hydrogen-bond acceptors (Lipinski definition) is 4. The van der Waals surface area contributed by atoms with Gasteiger partial charge in [-0.25, -0.2) is 4.98 Å². The second kappa shape index (κ2) is 7.53. The maximum Gasteiger partial charge on any atom is 0.416 e. The number of aromatic nitrogens is 2. The summed E-state index contributed by atoms with van der Waals surface area (Å²) < 4.78 is 44.9. The van der Waals surface area contributed by atoms with Crippen molar-refractivity contribution in [2.75, 3.05) is 6.54 Å². The molecule has 0 bridgehead atoms. The van der Waals surface area contributed by atoms with Gasteiger partial charge < -0.3 is 9.40 Å². The minimum atomic E-state index is -4.46. The summed E-state index contributed by atoms with van der Waals surface area (Å²) in [7, 11) is 0. The van der Waals surface area contributed by atoms with Gasteiger partial charge in [-0.2, -0.15) is 13.2 Å². The van der Waals surface area contributed by atoms with Crippen molar-refractivity contribution in [2.45, 2.75) is 44.4 Å². The number of rotatable bonds is 4. The molecule has 3 heterocycles. The molecule has 31 heavy (non-hydrogen) atoms. The van der Waals surface area contributed by atoms with Gasteiger partial charge in [0.25, 0.3) is 5.56 Å². The van der Waals surface area contributed by atoms with Crippen LogP contribution in [0.15, 0.2) is 39.5 Å². The number of H-pyrrole nitrogens is 1. The van der Waals surface area contributed by atoms with E-state index in [4.69, 9.17) is 16.0 Å². The van der Waals surface area contributed by atoms with Crippen LogP contribution in [0.4, 0.5) is 13.2 Å². The number of fused-ring (bicyclic) bond motifs is 1. The van der Waals surface area contributed by atoms with Crippen molar-refractivity contribution in [3.8, 4) is 11.3 Å². The largest absolute Gasteiger partial charge is 0.460 e. The van der Waals surface area contributed by atoms with Crippen molar-refractivity contribution >= 4 is 11.6 Å². The molecule has 0 spiro atoms. The normalized spacial score (nSPS) is 17.0. The molecule has 1 aliphatic carbocycles. The van der Waals surface area contributed by atoms with Gasteiger partial charge >= 0.3 is 6.18 Å². The van der Waals surface area contributed by atoms with Crippen LogP contribution in [0.25, 0.3) is 11.3 Å². The molecule has 1 fully saturated rings. The van der Waals surface area contributed by atoms with Crippen molar-refractivity contribution in [1.82, 2.24) is 14.9 Å². The summed E-state index contributed by atoms with van der Waals surface area (Å²) in [6.07, 6.45) is -1.64. The van der Waals surface area contributed by atoms with Gasteiger partial charge in [-0.1, -0.05) is 11.6 Å². The third kappa shape index (κ3) is 4.14. The van der Waals surface area contributed by atoms with E-state index < -0.39 is 11.7 Å². The number of alkyl halides is 3. The smallest absolute Gasteiger partial charge is 0.416 e. The summed E-state index contributed by atoms with van der Waals surface area (Å²) in [5.41, 5.74) is 0.850. The quantitative estimate of drug-likeness (QED) is 0.599. The van der Waals surface area contributed by atoms with Crippen molar-refractivity contribution in [2.24, 2.45) is 0 Å². The SMILES string of the molecule is O=c1[nH]c(C2CC2)nc2c1CN(Cc1ccc(-c3cc(C(F)(F)F)ccc3Cl)o1)CC2. The van der Waals surface area contributed by atoms with Gasteiger partial charge in [0.1, 0.15) is 17.3 Å². The molecule has 0 radical (unpaired) electrons. The van der Waals surface area contributed by atoms with E-state index >= 15 is 0 Å². The Morgan fingerprint density at radius 3 is 2.77 bits per heavy atom. The van der Waals surface area contributed by atoms with Gasteiger partial charge in [-0.3, -0.25) is 9.69 Å². The van der Waals surface area contributed by atoms with E-state index in [9.17, 15) is 18.0 Å². The van der Waals surface area contributed by atoms with Crippen LogP contribution in [-0.4, -0.2) is 21.4 Å². The van der Waals surface area contributed by atoms with E-state index in [1.54, 1.807) is 12.1 Å². The van der Waals surface area contributed by atoms with Crippen LogP contribution < -0.4 is 5.56 Å². The summed E-state index contributed by atoms with van der Waals surface area (Å²) in [4.78, 5) is 22.1. The van der Waals surface area contributed by atoms with Crippen molar-refractivity contribution < 1.29 is 17.6 Å². The minimum absolute atomic E-state index is 0.0903. The molecule has 1 saturated carbocycles. The molecule has 0 unspecified atom stereocenters. The van der Waals surface area contributed by atoms with Crippen LogP contribution in [0.3, 0.4) is 0 Å². The Morgan fingerprint density at radius 1 is 1.23 bits per heavy atom. The zero-order chi connectivity index (χ0) is 21.8. The highest BCUT2D eigenvalue weighted by Gasteiger charge is 2.32. The van der Waals surface area contributed by atoms with Crippen LogP contribution in [0.2, 0.25) is 5.02 Å². The summed E-state index contributed by atoms with van der Waals surface area (Å²) in [6.45, 7) is 1.59. The molecule has 2 aromatic heterocycles. The molecule has 0 saturated heterocycles. The number of nitrogens with zero attached hydrogens (tertiary/aromatic N) is 2. The lowest BCUT2D eigenvalue weighted by molar-refractivity contribution is -0.137. The van der Waals surface area contributed by atoms with Gasteiger partial charge in [-0.05, 0) is 43.2 Å². The molecule has 9 heteroatoms. The molecule has 1 aromatic carbocycles. The highest BCUT2D eigenvalue weighted by Crippen LogP contribution is 2.38. The van der Waals surface area contributed by atoms with Crippen LogP contribution >= 0.6 is 11.6 Å². The second-order valence-electron chi connectivity index (χ2n) is 8.07. The van der Waals surface area contributed by atoms with Gasteiger partial charge in [0, 0.05) is 31.0 Å². The second-order valence-corrected chi connectivity index (χ2v) is 8.48. The molecule has 0 amide bonds. The fourth-order valence-corrected chi connectivity index (χ4v) is 4.11. The summed E-state index contributed by atoms with van der Waals surface area (Å²) >= 11 is 6.11. The van der Waals surface area contributed by atoms with Crippen LogP contribution in [0.5, 0.6) is 0 Å². The van der Waals surface area contributed by atoms with E-state index in [0.717, 1.165) is 36.5 Å². The average molecular weight is 450 g/mol. The third-order valence-corrected chi connectivity index (χ3v) is 6.06. The van der Waals surface area contributed by atoms with Gasteiger partial charge in [-0.15, -0.1) is 0 Å². The number of halogens is 4. The molecular formula is C22H19ClF3N3O2. The first-order valence-electron chi connectivity index (χ1n) is 10.1. The Morgan fingerprint density at radius 2 is 2.03 bits per heavy atom. The van der Waals surface area contributed by atoms with Crippen LogP contribution in [0.1, 0.15) is 47.2 Å². The molecule has 0 atom stereocenters. The topological polar surface area (TPSA) is 62.1 Å². The fourth-order valence-electron chi connectivity index (χ4n) is 3.90. The predicted molar refractivity (Wildman–Crippen MR) is 109 cm³/mol. The highest BCUT2D eigenvalue weighted by atomic mass is 35.5. The van der Waals surface area contributed by atoms with Crippen molar-refractivity contribution in [3.05, 3.63) is 74.1 Å². The number of aromatic amines is 1. The Hall–Kier alpha value is -2.58. The third-order valence-electron chi connectivity index (χ3n) is 5.73. The zero-order valence-electron chi connectivity index (χ0n) is 16.4. The summed E-state index contributed by atoms with van der Waals surface area (Å²) in [6, 6.07) is 6.50. The van der Waals surface area contributed by atoms with Gasteiger partial charge in [0.15, 0.2) is 0 Å². The van der Waals surface area contributed by atoms with Crippen molar-refractivity contribution in [3.63, 3.8) is 0 Å². The number of hydrogen-bond donors (Lipinski definition) is 1. The lowest BCUT2D eigenvalue weighted by atomic mass is 10.1. The Labute approximate surface area is 180 Å². The number of furan rings is 1. The molecule has 1 aliphatic heterocycles. The maximum absolute atomic E-state index is 13.0. The molecule has 162 valence electrons. The Bertz CT molecular complexity index is 1200. The fraction of sp³-hybridized carbons (Fsp3) is 0.364. The zero-order valence-corrected chi connectivity index (χ0v) is 17.2. The molecular weight excluding hydrogens is 431 g/mol. The van der Waals surface area contributed by atoms with E-state index in [1.165, 1.54) is 6.07 Å². The maximum atomic E-state index is 13.0. The summed E-state index contributed by atoms with van der Waals surface area (Å²) in [5.74, 6) is 2.05. The lowest BCUT2D eigenvalue weighted by Gasteiger charge is -2.26. The molecule has 5 nitrogen and oxygen atoms in total. The number of nitrogens with one attached hydrogen (secondary N) is 1. The van der Waals surface area contributed by atoms with Gasteiger partial charge in [0.05, 0.1) is 28.4 Å². The Balaban J connectivity index is 1.34. The van der Waals surface area contributed by atoms with Gasteiger partial charge in [0.2, 0.25) is 0 Å². The highest BCUT2D eigenvalue weighted by molar-refractivity contribution is 6.33.